The number of hydrogen-bond acceptors (Lipinski definition) is 3. The molecule has 0 aromatic carbocycles. The molecule has 0 aliphatic carbocycles. The molecule has 0 bridgehead atoms. The van der Waals surface area contributed by atoms with Gasteiger partial charge in [0.1, 0.15) is 0 Å². The van der Waals surface area contributed by atoms with Gasteiger partial charge in [-0.2, -0.15) is 0 Å². The second-order valence-corrected chi connectivity index (χ2v) is 4.50. The van der Waals surface area contributed by atoms with Crippen LogP contribution >= 0.6 is 0 Å². The van der Waals surface area contributed by atoms with Gasteiger partial charge in [0.25, 0.3) is 0 Å². The molecule has 0 saturated heterocycles. The molecule has 0 aliphatic heterocycles. The van der Waals surface area contributed by atoms with Gasteiger partial charge >= 0.3 is 0 Å². The molecule has 0 aromatic heterocycles. The van der Waals surface area contributed by atoms with Crippen molar-refractivity contribution in [2.24, 2.45) is 5.73 Å². The number of nitrogens with two attached hydrogens (primary N) is 1. The Morgan fingerprint density at radius 3 is 2.31 bits per heavy atom. The number of nitrogens with zero attached hydrogens (tertiary/aromatic N) is 2. The average molecular weight is 229 g/mol. The lowest BCUT2D eigenvalue weighted by Crippen LogP contribution is -2.37. The normalized spacial score (nSPS) is 12.9. The molecular formula is C12H27N3O. The van der Waals surface area contributed by atoms with Gasteiger partial charge in [-0.25, -0.2) is 0 Å². The SMILES string of the molecule is CCC(N)CC(=O)N(CC)CCCN(C)C. The van der Waals surface area contributed by atoms with Crippen molar-refractivity contribution in [2.75, 3.05) is 33.7 Å². The van der Waals surface area contributed by atoms with Crippen molar-refractivity contribution < 1.29 is 4.79 Å². The van der Waals surface area contributed by atoms with Crippen LogP contribution in [0, 0.1) is 0 Å². The Balaban J connectivity index is 3.92. The van der Waals surface area contributed by atoms with E-state index in [1.54, 1.807) is 0 Å². The fourth-order valence-electron chi connectivity index (χ4n) is 1.53. The van der Waals surface area contributed by atoms with E-state index < -0.39 is 0 Å². The van der Waals surface area contributed by atoms with Crippen molar-refractivity contribution in [1.29, 1.82) is 0 Å². The van der Waals surface area contributed by atoms with Crippen molar-refractivity contribution in [3.05, 3.63) is 0 Å². The number of rotatable bonds is 8. The quantitative estimate of drug-likeness (QED) is 0.673. The lowest BCUT2D eigenvalue weighted by Gasteiger charge is -2.23. The Morgan fingerprint density at radius 1 is 1.25 bits per heavy atom. The van der Waals surface area contributed by atoms with Crippen LogP contribution in [0.2, 0.25) is 0 Å². The van der Waals surface area contributed by atoms with Crippen molar-refractivity contribution in [1.82, 2.24) is 9.80 Å². The van der Waals surface area contributed by atoms with Crippen LogP contribution in [0.3, 0.4) is 0 Å². The molecule has 4 nitrogen and oxygen atoms in total. The lowest BCUT2D eigenvalue weighted by molar-refractivity contribution is -0.131. The van der Waals surface area contributed by atoms with E-state index in [1.807, 2.05) is 32.8 Å². The van der Waals surface area contributed by atoms with Crippen LogP contribution in [0.1, 0.15) is 33.1 Å². The first-order chi connectivity index (χ1) is 7.51. The van der Waals surface area contributed by atoms with Gasteiger partial charge in [-0.05, 0) is 40.4 Å². The third-order valence-corrected chi connectivity index (χ3v) is 2.73. The fraction of sp³-hybridized carbons (Fsp3) is 0.917. The summed E-state index contributed by atoms with van der Waals surface area (Å²) in [5.41, 5.74) is 5.79. The van der Waals surface area contributed by atoms with E-state index in [0.29, 0.717) is 6.42 Å². The number of hydrogen-bond donors (Lipinski definition) is 1. The van der Waals surface area contributed by atoms with Crippen molar-refractivity contribution in [3.8, 4) is 0 Å². The van der Waals surface area contributed by atoms with Gasteiger partial charge in [0.05, 0.1) is 0 Å². The average Bonchev–Trinajstić information content (AvgIpc) is 2.23. The van der Waals surface area contributed by atoms with Crippen LogP contribution in [0.5, 0.6) is 0 Å². The highest BCUT2D eigenvalue weighted by Gasteiger charge is 2.14. The Kier molecular flexibility index (Phi) is 8.21. The minimum Gasteiger partial charge on any atom is -0.343 e. The van der Waals surface area contributed by atoms with Gasteiger partial charge in [0.15, 0.2) is 0 Å². The first kappa shape index (κ1) is 15.4. The summed E-state index contributed by atoms with van der Waals surface area (Å²) in [6, 6.07) is 0.00963. The van der Waals surface area contributed by atoms with Crippen LogP contribution in [0.15, 0.2) is 0 Å². The molecule has 1 amide bonds. The van der Waals surface area contributed by atoms with Crippen molar-refractivity contribution in [2.45, 2.75) is 39.2 Å². The molecular weight excluding hydrogens is 202 g/mol. The number of carbonyl (C=O) groups is 1. The Bertz CT molecular complexity index is 195. The summed E-state index contributed by atoms with van der Waals surface area (Å²) < 4.78 is 0. The van der Waals surface area contributed by atoms with Crippen LogP contribution in [-0.4, -0.2) is 55.5 Å². The highest BCUT2D eigenvalue weighted by Crippen LogP contribution is 2.01. The maximum absolute atomic E-state index is 11.9. The maximum Gasteiger partial charge on any atom is 0.224 e. The first-order valence-electron chi connectivity index (χ1n) is 6.19. The molecule has 1 unspecified atom stereocenters. The molecule has 0 aliphatic rings. The smallest absolute Gasteiger partial charge is 0.224 e. The van der Waals surface area contributed by atoms with Gasteiger partial charge in [-0.3, -0.25) is 4.79 Å². The van der Waals surface area contributed by atoms with Gasteiger partial charge in [0, 0.05) is 25.6 Å². The molecule has 0 heterocycles. The molecule has 0 spiro atoms. The Labute approximate surface area is 99.8 Å². The second kappa shape index (κ2) is 8.53. The third-order valence-electron chi connectivity index (χ3n) is 2.73. The molecule has 1 atom stereocenters. The molecule has 0 aromatic rings. The van der Waals surface area contributed by atoms with Gasteiger partial charge < -0.3 is 15.5 Å². The minimum absolute atomic E-state index is 0.00963. The van der Waals surface area contributed by atoms with E-state index in [4.69, 9.17) is 5.73 Å². The topological polar surface area (TPSA) is 49.6 Å². The fourth-order valence-corrected chi connectivity index (χ4v) is 1.53. The second-order valence-electron chi connectivity index (χ2n) is 4.50. The Hall–Kier alpha value is -0.610. The van der Waals surface area contributed by atoms with Crippen molar-refractivity contribution in [3.63, 3.8) is 0 Å². The number of amides is 1. The van der Waals surface area contributed by atoms with E-state index in [1.165, 1.54) is 0 Å². The van der Waals surface area contributed by atoms with Crippen molar-refractivity contribution >= 4 is 5.91 Å². The summed E-state index contributed by atoms with van der Waals surface area (Å²) in [7, 11) is 4.09. The first-order valence-corrected chi connectivity index (χ1v) is 6.19. The minimum atomic E-state index is 0.00963. The van der Waals surface area contributed by atoms with E-state index in [2.05, 4.69) is 4.90 Å². The molecule has 0 radical (unpaired) electrons. The highest BCUT2D eigenvalue weighted by molar-refractivity contribution is 5.76. The van der Waals surface area contributed by atoms with E-state index in [9.17, 15) is 4.79 Å². The summed E-state index contributed by atoms with van der Waals surface area (Å²) in [6.45, 7) is 6.67. The van der Waals surface area contributed by atoms with E-state index >= 15 is 0 Å². The summed E-state index contributed by atoms with van der Waals surface area (Å²) in [4.78, 5) is 15.9. The molecule has 0 saturated carbocycles. The molecule has 0 fully saturated rings. The van der Waals surface area contributed by atoms with Crippen LogP contribution < -0.4 is 5.73 Å². The van der Waals surface area contributed by atoms with Crippen LogP contribution in [-0.2, 0) is 4.79 Å². The van der Waals surface area contributed by atoms with E-state index in [-0.39, 0.29) is 11.9 Å². The van der Waals surface area contributed by atoms with Gasteiger partial charge in [-0.1, -0.05) is 6.92 Å². The molecule has 16 heavy (non-hydrogen) atoms. The zero-order valence-corrected chi connectivity index (χ0v) is 11.2. The highest BCUT2D eigenvalue weighted by atomic mass is 16.2. The summed E-state index contributed by atoms with van der Waals surface area (Å²) in [5.74, 6) is 0.190. The molecule has 0 rings (SSSR count). The van der Waals surface area contributed by atoms with Crippen LogP contribution in [0.25, 0.3) is 0 Å². The molecule has 4 heteroatoms. The Morgan fingerprint density at radius 2 is 1.88 bits per heavy atom. The summed E-state index contributed by atoms with van der Waals surface area (Å²) in [5, 5.41) is 0. The van der Waals surface area contributed by atoms with Gasteiger partial charge in [-0.15, -0.1) is 0 Å². The predicted octanol–water partition coefficient (Wildman–Crippen LogP) is 0.914. The van der Waals surface area contributed by atoms with Crippen LogP contribution in [0.4, 0.5) is 0 Å². The molecule has 2 N–H and O–H groups in total. The lowest BCUT2D eigenvalue weighted by atomic mass is 10.1. The monoisotopic (exact) mass is 229 g/mol. The number of carbonyl (C=O) groups excluding carboxylic acids is 1. The summed E-state index contributed by atoms with van der Waals surface area (Å²) >= 11 is 0. The molecule has 96 valence electrons. The maximum atomic E-state index is 11.9. The zero-order valence-electron chi connectivity index (χ0n) is 11.2. The predicted molar refractivity (Wildman–Crippen MR) is 68.3 cm³/mol. The largest absolute Gasteiger partial charge is 0.343 e. The zero-order chi connectivity index (χ0) is 12.6. The summed E-state index contributed by atoms with van der Waals surface area (Å²) in [6.07, 6.45) is 2.36. The van der Waals surface area contributed by atoms with Gasteiger partial charge in [0.2, 0.25) is 5.91 Å². The third kappa shape index (κ3) is 6.80. The van der Waals surface area contributed by atoms with E-state index in [0.717, 1.165) is 32.5 Å². The standard InChI is InChI=1S/C12H27N3O/c1-5-11(13)10-12(16)15(6-2)9-7-8-14(3)4/h11H,5-10,13H2,1-4H3.